The highest BCUT2D eigenvalue weighted by Gasteiger charge is 2.07. The van der Waals surface area contributed by atoms with Crippen LogP contribution >= 0.6 is 11.6 Å². The summed E-state index contributed by atoms with van der Waals surface area (Å²) in [6.45, 7) is 0.738. The Hall–Kier alpha value is -1.32. The molecule has 0 aliphatic heterocycles. The average molecular weight is 237 g/mol. The van der Waals surface area contributed by atoms with E-state index >= 15 is 0 Å². The molecule has 0 aliphatic carbocycles. The number of hydrogen-bond donors (Lipinski definition) is 1. The van der Waals surface area contributed by atoms with Gasteiger partial charge >= 0.3 is 0 Å². The molecule has 1 aromatic carbocycles. The zero-order chi connectivity index (χ0) is 11.7. The predicted molar refractivity (Wildman–Crippen MR) is 65.8 cm³/mol. The van der Waals surface area contributed by atoms with Crippen molar-refractivity contribution in [1.82, 2.24) is 9.88 Å². The lowest BCUT2D eigenvalue weighted by Crippen LogP contribution is -2.11. The molecule has 0 spiro atoms. The minimum atomic E-state index is 0.0553. The average Bonchev–Trinajstić information content (AvgIpc) is 2.23. The van der Waals surface area contributed by atoms with E-state index in [0.29, 0.717) is 10.5 Å². The van der Waals surface area contributed by atoms with Crippen molar-refractivity contribution in [3.63, 3.8) is 0 Å². The van der Waals surface area contributed by atoms with Gasteiger partial charge in [-0.1, -0.05) is 23.7 Å². The second-order valence-electron chi connectivity index (χ2n) is 4.01. The fourth-order valence-electron chi connectivity index (χ4n) is 1.60. The number of hydrogen-bond acceptors (Lipinski definition) is 3. The van der Waals surface area contributed by atoms with Crippen LogP contribution in [0.3, 0.4) is 0 Å². The zero-order valence-corrected chi connectivity index (χ0v) is 9.99. The van der Waals surface area contributed by atoms with Crippen LogP contribution < -0.4 is 0 Å². The number of benzene rings is 1. The van der Waals surface area contributed by atoms with Crippen LogP contribution in [0.1, 0.15) is 5.69 Å². The van der Waals surface area contributed by atoms with Gasteiger partial charge in [0.2, 0.25) is 0 Å². The molecule has 1 heterocycles. The molecule has 0 saturated heterocycles. The van der Waals surface area contributed by atoms with Crippen LogP contribution in [-0.4, -0.2) is 29.1 Å². The van der Waals surface area contributed by atoms with Crippen molar-refractivity contribution in [2.45, 2.75) is 6.54 Å². The number of fused-ring (bicyclic) bond motifs is 1. The van der Waals surface area contributed by atoms with Gasteiger partial charge in [0.15, 0.2) is 5.75 Å². The number of phenols is 1. The number of rotatable bonds is 2. The minimum Gasteiger partial charge on any atom is -0.504 e. The van der Waals surface area contributed by atoms with Crippen LogP contribution in [0.4, 0.5) is 0 Å². The number of aromatic nitrogens is 1. The molecule has 0 saturated carbocycles. The molecule has 84 valence electrons. The third-order valence-corrected chi connectivity index (χ3v) is 2.63. The maximum atomic E-state index is 9.81. The van der Waals surface area contributed by atoms with Gasteiger partial charge in [0.1, 0.15) is 5.52 Å². The van der Waals surface area contributed by atoms with Crippen LogP contribution in [0.2, 0.25) is 5.02 Å². The summed E-state index contributed by atoms with van der Waals surface area (Å²) in [7, 11) is 3.95. The largest absolute Gasteiger partial charge is 0.504 e. The molecule has 16 heavy (non-hydrogen) atoms. The van der Waals surface area contributed by atoms with Gasteiger partial charge in [-0.15, -0.1) is 0 Å². The molecule has 4 heteroatoms. The highest BCUT2D eigenvalue weighted by Crippen LogP contribution is 2.30. The van der Waals surface area contributed by atoms with Crippen molar-refractivity contribution < 1.29 is 5.11 Å². The van der Waals surface area contributed by atoms with Gasteiger partial charge in [-0.2, -0.15) is 0 Å². The van der Waals surface area contributed by atoms with E-state index in [1.807, 2.05) is 37.2 Å². The Morgan fingerprint density at radius 3 is 2.62 bits per heavy atom. The Morgan fingerprint density at radius 1 is 1.25 bits per heavy atom. The number of pyridine rings is 1. The highest BCUT2D eigenvalue weighted by molar-refractivity contribution is 6.33. The molecular formula is C12H13ClN2O. The third-order valence-electron chi connectivity index (χ3n) is 2.32. The SMILES string of the molecule is CN(C)Cc1ccc2ccc(Cl)c(O)c2n1. The van der Waals surface area contributed by atoms with Gasteiger partial charge in [-0.3, -0.25) is 0 Å². The second kappa shape index (κ2) is 4.28. The van der Waals surface area contributed by atoms with Crippen LogP contribution in [0.25, 0.3) is 10.9 Å². The normalized spacial score (nSPS) is 11.2. The molecule has 1 aromatic heterocycles. The van der Waals surface area contributed by atoms with Crippen molar-refractivity contribution in [2.75, 3.05) is 14.1 Å². The first-order valence-electron chi connectivity index (χ1n) is 5.00. The Kier molecular flexibility index (Phi) is 2.99. The van der Waals surface area contributed by atoms with Crippen molar-refractivity contribution in [2.24, 2.45) is 0 Å². The van der Waals surface area contributed by atoms with Crippen LogP contribution in [0.5, 0.6) is 5.75 Å². The zero-order valence-electron chi connectivity index (χ0n) is 9.24. The summed E-state index contributed by atoms with van der Waals surface area (Å²) in [5.74, 6) is 0.0553. The molecule has 0 radical (unpaired) electrons. The summed E-state index contributed by atoms with van der Waals surface area (Å²) in [6, 6.07) is 7.42. The van der Waals surface area contributed by atoms with Crippen molar-refractivity contribution >= 4 is 22.5 Å². The summed E-state index contributed by atoms with van der Waals surface area (Å²) in [5.41, 5.74) is 1.47. The molecule has 0 aliphatic rings. The molecule has 0 atom stereocenters. The summed E-state index contributed by atoms with van der Waals surface area (Å²) in [6.07, 6.45) is 0. The van der Waals surface area contributed by atoms with Gasteiger partial charge in [-0.05, 0) is 26.2 Å². The van der Waals surface area contributed by atoms with Gasteiger partial charge in [-0.25, -0.2) is 4.98 Å². The molecule has 0 bridgehead atoms. The van der Waals surface area contributed by atoms with Crippen molar-refractivity contribution in [3.8, 4) is 5.75 Å². The first kappa shape index (κ1) is 11.2. The maximum Gasteiger partial charge on any atom is 0.160 e. The second-order valence-corrected chi connectivity index (χ2v) is 4.42. The van der Waals surface area contributed by atoms with E-state index in [2.05, 4.69) is 4.98 Å². The topological polar surface area (TPSA) is 36.4 Å². The van der Waals surface area contributed by atoms with Crippen LogP contribution in [-0.2, 0) is 6.54 Å². The van der Waals surface area contributed by atoms with E-state index in [4.69, 9.17) is 11.6 Å². The van der Waals surface area contributed by atoms with Crippen LogP contribution in [0, 0.1) is 0 Å². The standard InChI is InChI=1S/C12H13ClN2O/c1-15(2)7-9-5-3-8-4-6-10(13)12(16)11(8)14-9/h3-6,16H,7H2,1-2H3. The molecule has 0 amide bonds. The maximum absolute atomic E-state index is 9.81. The monoisotopic (exact) mass is 236 g/mol. The summed E-state index contributed by atoms with van der Waals surface area (Å²) in [4.78, 5) is 6.42. The Morgan fingerprint density at radius 2 is 1.94 bits per heavy atom. The molecule has 2 rings (SSSR count). The first-order valence-corrected chi connectivity index (χ1v) is 5.37. The van der Waals surface area contributed by atoms with Crippen LogP contribution in [0.15, 0.2) is 24.3 Å². The minimum absolute atomic E-state index is 0.0553. The smallest absolute Gasteiger partial charge is 0.160 e. The lowest BCUT2D eigenvalue weighted by Gasteiger charge is -2.10. The Bertz CT molecular complexity index is 526. The molecule has 1 N–H and O–H groups in total. The van der Waals surface area contributed by atoms with Gasteiger partial charge < -0.3 is 10.0 Å². The predicted octanol–water partition coefficient (Wildman–Crippen LogP) is 2.66. The lowest BCUT2D eigenvalue weighted by molar-refractivity contribution is 0.397. The molecule has 0 fully saturated rings. The molecule has 3 nitrogen and oxygen atoms in total. The number of nitrogens with zero attached hydrogens (tertiary/aromatic N) is 2. The van der Waals surface area contributed by atoms with E-state index in [1.165, 1.54) is 0 Å². The van der Waals surface area contributed by atoms with Gasteiger partial charge in [0.05, 0.1) is 10.7 Å². The summed E-state index contributed by atoms with van der Waals surface area (Å²) in [5, 5.41) is 11.0. The fourth-order valence-corrected chi connectivity index (χ4v) is 1.75. The Labute approximate surface area is 99.3 Å². The number of halogens is 1. The molecule has 0 unspecified atom stereocenters. The van der Waals surface area contributed by atoms with Crippen molar-refractivity contribution in [1.29, 1.82) is 0 Å². The van der Waals surface area contributed by atoms with Gasteiger partial charge in [0.25, 0.3) is 0 Å². The fraction of sp³-hybridized carbons (Fsp3) is 0.250. The van der Waals surface area contributed by atoms with E-state index in [9.17, 15) is 5.11 Å². The highest BCUT2D eigenvalue weighted by atomic mass is 35.5. The van der Waals surface area contributed by atoms with Crippen molar-refractivity contribution in [3.05, 3.63) is 35.0 Å². The van der Waals surface area contributed by atoms with E-state index in [-0.39, 0.29) is 5.75 Å². The summed E-state index contributed by atoms with van der Waals surface area (Å²) >= 11 is 5.85. The van der Waals surface area contributed by atoms with E-state index < -0.39 is 0 Å². The third kappa shape index (κ3) is 2.10. The molecule has 2 aromatic rings. The molecular weight excluding hydrogens is 224 g/mol. The van der Waals surface area contributed by atoms with E-state index in [1.54, 1.807) is 6.07 Å². The quantitative estimate of drug-likeness (QED) is 0.871. The first-order chi connectivity index (χ1) is 7.58. The van der Waals surface area contributed by atoms with E-state index in [0.717, 1.165) is 17.6 Å². The van der Waals surface area contributed by atoms with Gasteiger partial charge in [0, 0.05) is 11.9 Å². The number of phenolic OH excluding ortho intramolecular Hbond substituents is 1. The number of aromatic hydroxyl groups is 1. The lowest BCUT2D eigenvalue weighted by atomic mass is 10.2. The summed E-state index contributed by atoms with van der Waals surface area (Å²) < 4.78 is 0. The Balaban J connectivity index is 2.55.